The minimum atomic E-state index is -4.77. The summed E-state index contributed by atoms with van der Waals surface area (Å²) in [5, 5.41) is -0.530. The Morgan fingerprint density at radius 2 is 1.49 bits per heavy atom. The third-order valence-electron chi connectivity index (χ3n) is 7.69. The molecule has 1 aliphatic heterocycles. The number of halogens is 4. The summed E-state index contributed by atoms with van der Waals surface area (Å²) in [4.78, 5) is 42.1. The molecule has 2 atom stereocenters. The summed E-state index contributed by atoms with van der Waals surface area (Å²) in [6, 6.07) is 17.5. The molecule has 2 amide bonds. The normalized spacial score (nSPS) is 26.4. The van der Waals surface area contributed by atoms with E-state index in [4.69, 9.17) is 11.6 Å². The number of Topliss-reactive ketones (excluding diaryl/α,β-unsaturated/α-hetero) is 1. The molecule has 7 rings (SSSR count). The third kappa shape index (κ3) is 2.62. The Hall–Kier alpha value is -3.45. The molecular weight excluding hydrogens is 479 g/mol. The van der Waals surface area contributed by atoms with Crippen LogP contribution in [-0.2, 0) is 26.0 Å². The van der Waals surface area contributed by atoms with Crippen molar-refractivity contribution in [2.75, 3.05) is 4.90 Å². The van der Waals surface area contributed by atoms with E-state index in [2.05, 4.69) is 0 Å². The maximum absolute atomic E-state index is 14.0. The number of nitrogens with zero attached hydrogens (tertiary/aromatic N) is 1. The first-order chi connectivity index (χ1) is 16.6. The van der Waals surface area contributed by atoms with E-state index in [0.29, 0.717) is 11.1 Å². The average Bonchev–Trinajstić information content (AvgIpc) is 3.09. The van der Waals surface area contributed by atoms with E-state index < -0.39 is 51.7 Å². The lowest BCUT2D eigenvalue weighted by Gasteiger charge is -2.52. The van der Waals surface area contributed by atoms with Crippen molar-refractivity contribution in [1.29, 1.82) is 0 Å². The van der Waals surface area contributed by atoms with E-state index in [1.807, 2.05) is 24.3 Å². The highest BCUT2D eigenvalue weighted by Gasteiger charge is 2.70. The first kappa shape index (κ1) is 22.0. The van der Waals surface area contributed by atoms with Crippen LogP contribution in [0.25, 0.3) is 0 Å². The Bertz CT molecular complexity index is 1420. The summed E-state index contributed by atoms with van der Waals surface area (Å²) >= 11 is 5.77. The molecule has 0 unspecified atom stereocenters. The number of alkyl halides is 3. The Morgan fingerprint density at radius 1 is 0.914 bits per heavy atom. The van der Waals surface area contributed by atoms with Gasteiger partial charge in [-0.3, -0.25) is 14.4 Å². The molecular formula is C27H17ClF3NO3. The van der Waals surface area contributed by atoms with Crippen molar-refractivity contribution in [3.63, 3.8) is 0 Å². The zero-order chi connectivity index (χ0) is 24.9. The molecule has 3 aromatic rings. The molecule has 8 heteroatoms. The smallest absolute Gasteiger partial charge is 0.299 e. The SMILES string of the molecule is CC(=O)C12c3ccccc3C(c3ccccc31)[C@@H]1C(=O)N(c3ccc(Cl)c(C(F)(F)F)c3)C(=O)[C@H]12. The summed E-state index contributed by atoms with van der Waals surface area (Å²) < 4.78 is 40.6. The third-order valence-corrected chi connectivity index (χ3v) is 8.02. The summed E-state index contributed by atoms with van der Waals surface area (Å²) in [6.45, 7) is 1.40. The van der Waals surface area contributed by atoms with Crippen LogP contribution in [0.4, 0.5) is 18.9 Å². The molecule has 0 N–H and O–H groups in total. The fourth-order valence-corrected chi connectivity index (χ4v) is 6.72. The standard InChI is InChI=1S/C27H17ClF3NO3/c1-13(33)26-17-8-4-2-6-15(17)21(16-7-3-5-9-18(16)26)22-23(26)25(35)32(24(22)34)14-10-11-20(28)19(12-14)27(29,30)31/h2-12,21-23H,1H3/t21?,22-,23-,26?/m0/s1. The van der Waals surface area contributed by atoms with Gasteiger partial charge in [0.25, 0.3) is 0 Å². The Balaban J connectivity index is 1.61. The van der Waals surface area contributed by atoms with Crippen molar-refractivity contribution < 1.29 is 27.6 Å². The second kappa shape index (κ2) is 7.04. The number of rotatable bonds is 2. The molecule has 0 radical (unpaired) electrons. The van der Waals surface area contributed by atoms with Crippen LogP contribution in [0.15, 0.2) is 66.7 Å². The van der Waals surface area contributed by atoms with Gasteiger partial charge in [-0.2, -0.15) is 13.2 Å². The van der Waals surface area contributed by atoms with E-state index in [0.717, 1.165) is 28.2 Å². The van der Waals surface area contributed by atoms with Crippen LogP contribution in [0.1, 0.15) is 40.7 Å². The fraction of sp³-hybridized carbons (Fsp3) is 0.222. The minimum absolute atomic E-state index is 0.211. The van der Waals surface area contributed by atoms with Crippen LogP contribution in [0, 0.1) is 11.8 Å². The van der Waals surface area contributed by atoms with Crippen LogP contribution in [0.3, 0.4) is 0 Å². The van der Waals surface area contributed by atoms with Gasteiger partial charge in [-0.15, -0.1) is 0 Å². The van der Waals surface area contributed by atoms with Crippen molar-refractivity contribution in [2.24, 2.45) is 11.8 Å². The molecule has 35 heavy (non-hydrogen) atoms. The molecule has 3 aliphatic carbocycles. The Kier molecular flexibility index (Phi) is 4.43. The molecule has 2 bridgehead atoms. The van der Waals surface area contributed by atoms with Gasteiger partial charge in [0.1, 0.15) is 5.78 Å². The van der Waals surface area contributed by atoms with Gasteiger partial charge in [0.05, 0.1) is 33.5 Å². The van der Waals surface area contributed by atoms with Crippen LogP contribution >= 0.6 is 11.6 Å². The van der Waals surface area contributed by atoms with Gasteiger partial charge in [-0.25, -0.2) is 4.90 Å². The number of anilines is 1. The molecule has 4 nitrogen and oxygen atoms in total. The van der Waals surface area contributed by atoms with Gasteiger partial charge in [0, 0.05) is 5.92 Å². The van der Waals surface area contributed by atoms with E-state index in [-0.39, 0.29) is 11.5 Å². The number of imide groups is 1. The summed E-state index contributed by atoms with van der Waals surface area (Å²) in [7, 11) is 0. The van der Waals surface area contributed by atoms with E-state index in [9.17, 15) is 27.6 Å². The fourth-order valence-electron chi connectivity index (χ4n) is 6.49. The largest absolute Gasteiger partial charge is 0.417 e. The van der Waals surface area contributed by atoms with Crippen LogP contribution in [-0.4, -0.2) is 17.6 Å². The maximum atomic E-state index is 14.0. The van der Waals surface area contributed by atoms with Crippen LogP contribution in [0.5, 0.6) is 0 Å². The maximum Gasteiger partial charge on any atom is 0.417 e. The van der Waals surface area contributed by atoms with Crippen molar-refractivity contribution in [3.05, 3.63) is 99.6 Å². The molecule has 1 saturated heterocycles. The highest BCUT2D eigenvalue weighted by Crippen LogP contribution is 2.64. The quantitative estimate of drug-likeness (QED) is 0.441. The molecule has 1 fully saturated rings. The number of hydrogen-bond acceptors (Lipinski definition) is 3. The van der Waals surface area contributed by atoms with Gasteiger partial charge in [0.2, 0.25) is 11.8 Å². The topological polar surface area (TPSA) is 54.5 Å². The average molecular weight is 496 g/mol. The zero-order valence-electron chi connectivity index (χ0n) is 18.3. The van der Waals surface area contributed by atoms with Crippen molar-refractivity contribution >= 4 is 34.9 Å². The van der Waals surface area contributed by atoms with E-state index in [1.54, 1.807) is 24.3 Å². The Morgan fingerprint density at radius 3 is 2.03 bits per heavy atom. The molecule has 0 spiro atoms. The second-order valence-electron chi connectivity index (χ2n) is 9.19. The second-order valence-corrected chi connectivity index (χ2v) is 9.60. The van der Waals surface area contributed by atoms with Gasteiger partial charge >= 0.3 is 6.18 Å². The van der Waals surface area contributed by atoms with E-state index >= 15 is 0 Å². The number of benzene rings is 3. The summed E-state index contributed by atoms with van der Waals surface area (Å²) in [5.41, 5.74) is 0.170. The molecule has 1 heterocycles. The summed E-state index contributed by atoms with van der Waals surface area (Å²) in [6.07, 6.45) is -4.77. The van der Waals surface area contributed by atoms with Crippen molar-refractivity contribution in [2.45, 2.75) is 24.4 Å². The molecule has 4 aliphatic rings. The predicted octanol–water partition coefficient (Wildman–Crippen LogP) is 5.50. The highest BCUT2D eigenvalue weighted by atomic mass is 35.5. The first-order valence-electron chi connectivity index (χ1n) is 11.0. The Labute approximate surface area is 203 Å². The van der Waals surface area contributed by atoms with Gasteiger partial charge in [-0.05, 0) is 47.4 Å². The summed E-state index contributed by atoms with van der Waals surface area (Å²) in [5.74, 6) is -4.06. The van der Waals surface area contributed by atoms with Crippen molar-refractivity contribution in [1.82, 2.24) is 0 Å². The van der Waals surface area contributed by atoms with Gasteiger partial charge in [-0.1, -0.05) is 60.1 Å². The van der Waals surface area contributed by atoms with E-state index in [1.165, 1.54) is 13.0 Å². The number of hydrogen-bond donors (Lipinski definition) is 0. The lowest BCUT2D eigenvalue weighted by Crippen LogP contribution is -2.57. The number of ketones is 1. The molecule has 0 saturated carbocycles. The first-order valence-corrected chi connectivity index (χ1v) is 11.4. The monoisotopic (exact) mass is 495 g/mol. The molecule has 176 valence electrons. The van der Waals surface area contributed by atoms with Crippen molar-refractivity contribution in [3.8, 4) is 0 Å². The molecule has 0 aromatic heterocycles. The zero-order valence-corrected chi connectivity index (χ0v) is 19.0. The van der Waals surface area contributed by atoms with Gasteiger partial charge in [0.15, 0.2) is 0 Å². The number of carbonyl (C=O) groups excluding carboxylic acids is 3. The number of carbonyl (C=O) groups is 3. The highest BCUT2D eigenvalue weighted by molar-refractivity contribution is 6.32. The van der Waals surface area contributed by atoms with Crippen LogP contribution < -0.4 is 4.90 Å². The lowest BCUT2D eigenvalue weighted by atomic mass is 9.46. The number of amides is 2. The van der Waals surface area contributed by atoms with Gasteiger partial charge < -0.3 is 0 Å². The molecule has 3 aromatic carbocycles. The van der Waals surface area contributed by atoms with Crippen LogP contribution in [0.2, 0.25) is 5.02 Å². The minimum Gasteiger partial charge on any atom is -0.299 e. The predicted molar refractivity (Wildman–Crippen MR) is 122 cm³/mol. The lowest BCUT2D eigenvalue weighted by molar-refractivity contribution is -0.137.